The monoisotopic (exact) mass is 267 g/mol. The molecule has 0 radical (unpaired) electrons. The van der Waals surface area contributed by atoms with E-state index >= 15 is 0 Å². The molecular formula is C10H10BrN3O. The predicted molar refractivity (Wildman–Crippen MR) is 59.8 cm³/mol. The van der Waals surface area contributed by atoms with E-state index in [2.05, 4.69) is 26.2 Å². The van der Waals surface area contributed by atoms with E-state index < -0.39 is 0 Å². The SMILES string of the molecule is COc1cccc(Cn2cc(Br)nn2)c1. The van der Waals surface area contributed by atoms with Gasteiger partial charge in [0.1, 0.15) is 10.4 Å². The lowest BCUT2D eigenvalue weighted by molar-refractivity contribution is 0.414. The summed E-state index contributed by atoms with van der Waals surface area (Å²) >= 11 is 3.25. The molecule has 0 fully saturated rings. The van der Waals surface area contributed by atoms with Gasteiger partial charge in [-0.05, 0) is 33.6 Å². The second-order valence-electron chi connectivity index (χ2n) is 3.09. The van der Waals surface area contributed by atoms with Crippen LogP contribution in [0, 0.1) is 0 Å². The largest absolute Gasteiger partial charge is 0.497 e. The first-order valence-electron chi connectivity index (χ1n) is 4.46. The molecule has 0 aliphatic rings. The first kappa shape index (κ1) is 10.2. The molecule has 15 heavy (non-hydrogen) atoms. The molecule has 0 saturated carbocycles. The lowest BCUT2D eigenvalue weighted by Gasteiger charge is -2.03. The van der Waals surface area contributed by atoms with Crippen molar-refractivity contribution in [2.45, 2.75) is 6.54 Å². The first-order chi connectivity index (χ1) is 7.28. The van der Waals surface area contributed by atoms with Crippen LogP contribution >= 0.6 is 15.9 Å². The van der Waals surface area contributed by atoms with Gasteiger partial charge in [0.05, 0.1) is 19.9 Å². The lowest BCUT2D eigenvalue weighted by Crippen LogP contribution is -2.00. The summed E-state index contributed by atoms with van der Waals surface area (Å²) in [6, 6.07) is 7.88. The number of halogens is 1. The Morgan fingerprint density at radius 3 is 3.00 bits per heavy atom. The molecule has 0 aliphatic carbocycles. The fourth-order valence-corrected chi connectivity index (χ4v) is 1.62. The number of rotatable bonds is 3. The summed E-state index contributed by atoms with van der Waals surface area (Å²) in [5.41, 5.74) is 1.13. The van der Waals surface area contributed by atoms with E-state index in [9.17, 15) is 0 Å². The fourth-order valence-electron chi connectivity index (χ4n) is 1.31. The van der Waals surface area contributed by atoms with Crippen LogP contribution in [0.4, 0.5) is 0 Å². The highest BCUT2D eigenvalue weighted by Crippen LogP contribution is 2.13. The molecule has 1 aromatic heterocycles. The van der Waals surface area contributed by atoms with Crippen molar-refractivity contribution in [2.24, 2.45) is 0 Å². The normalized spacial score (nSPS) is 10.3. The van der Waals surface area contributed by atoms with E-state index in [0.29, 0.717) is 6.54 Å². The highest BCUT2D eigenvalue weighted by Gasteiger charge is 1.99. The minimum absolute atomic E-state index is 0.690. The lowest BCUT2D eigenvalue weighted by atomic mass is 10.2. The third kappa shape index (κ3) is 2.56. The van der Waals surface area contributed by atoms with Gasteiger partial charge in [-0.15, -0.1) is 5.10 Å². The van der Waals surface area contributed by atoms with Crippen molar-refractivity contribution in [1.29, 1.82) is 0 Å². The van der Waals surface area contributed by atoms with Crippen LogP contribution < -0.4 is 4.74 Å². The van der Waals surface area contributed by atoms with E-state index in [1.165, 1.54) is 0 Å². The molecule has 1 heterocycles. The van der Waals surface area contributed by atoms with Crippen LogP contribution in [-0.4, -0.2) is 22.1 Å². The van der Waals surface area contributed by atoms with Gasteiger partial charge in [-0.25, -0.2) is 4.68 Å². The molecule has 78 valence electrons. The average Bonchev–Trinajstić information content (AvgIpc) is 2.64. The molecule has 0 spiro atoms. The van der Waals surface area contributed by atoms with Gasteiger partial charge in [0.15, 0.2) is 0 Å². The number of hydrogen-bond acceptors (Lipinski definition) is 3. The van der Waals surface area contributed by atoms with Crippen molar-refractivity contribution in [3.8, 4) is 5.75 Å². The standard InChI is InChI=1S/C10H10BrN3O/c1-15-9-4-2-3-8(5-9)6-14-7-10(11)12-13-14/h2-5,7H,6H2,1H3. The summed E-state index contributed by atoms with van der Waals surface area (Å²) in [6.45, 7) is 0.690. The Bertz CT molecular complexity index is 455. The van der Waals surface area contributed by atoms with Gasteiger partial charge in [-0.3, -0.25) is 0 Å². The minimum atomic E-state index is 0.690. The topological polar surface area (TPSA) is 39.9 Å². The van der Waals surface area contributed by atoms with Crippen LogP contribution in [0.5, 0.6) is 5.75 Å². The van der Waals surface area contributed by atoms with Crippen LogP contribution in [0.25, 0.3) is 0 Å². The van der Waals surface area contributed by atoms with Crippen molar-refractivity contribution in [3.63, 3.8) is 0 Å². The van der Waals surface area contributed by atoms with Crippen LogP contribution in [0.3, 0.4) is 0 Å². The Morgan fingerprint density at radius 1 is 1.47 bits per heavy atom. The van der Waals surface area contributed by atoms with Crippen molar-refractivity contribution in [2.75, 3.05) is 7.11 Å². The molecule has 0 atom stereocenters. The molecule has 0 unspecified atom stereocenters. The summed E-state index contributed by atoms with van der Waals surface area (Å²) in [5, 5.41) is 7.80. The quantitative estimate of drug-likeness (QED) is 0.855. The van der Waals surface area contributed by atoms with Gasteiger partial charge in [-0.1, -0.05) is 17.3 Å². The van der Waals surface area contributed by atoms with Crippen LogP contribution in [0.2, 0.25) is 0 Å². The summed E-state index contributed by atoms with van der Waals surface area (Å²) in [4.78, 5) is 0. The van der Waals surface area contributed by atoms with E-state index in [-0.39, 0.29) is 0 Å². The Labute approximate surface area is 96.0 Å². The molecule has 5 heteroatoms. The number of aromatic nitrogens is 3. The van der Waals surface area contributed by atoms with Crippen molar-refractivity contribution in [1.82, 2.24) is 15.0 Å². The zero-order valence-electron chi connectivity index (χ0n) is 8.22. The average molecular weight is 268 g/mol. The Morgan fingerprint density at radius 2 is 2.33 bits per heavy atom. The zero-order chi connectivity index (χ0) is 10.7. The molecule has 0 N–H and O–H groups in total. The molecule has 2 aromatic rings. The molecular weight excluding hydrogens is 258 g/mol. The Hall–Kier alpha value is -1.36. The molecule has 0 aliphatic heterocycles. The first-order valence-corrected chi connectivity index (χ1v) is 5.26. The summed E-state index contributed by atoms with van der Waals surface area (Å²) in [5.74, 6) is 0.853. The highest BCUT2D eigenvalue weighted by atomic mass is 79.9. The molecule has 0 saturated heterocycles. The molecule has 0 bridgehead atoms. The smallest absolute Gasteiger partial charge is 0.148 e. The number of methoxy groups -OCH3 is 1. The Balaban J connectivity index is 2.16. The third-order valence-electron chi connectivity index (χ3n) is 1.99. The maximum atomic E-state index is 5.14. The molecule has 2 rings (SSSR count). The van der Waals surface area contributed by atoms with Gasteiger partial charge in [0.25, 0.3) is 0 Å². The second kappa shape index (κ2) is 4.44. The molecule has 1 aromatic carbocycles. The van der Waals surface area contributed by atoms with Gasteiger partial charge < -0.3 is 4.74 Å². The van der Waals surface area contributed by atoms with Crippen molar-refractivity contribution >= 4 is 15.9 Å². The van der Waals surface area contributed by atoms with E-state index in [1.807, 2.05) is 30.5 Å². The van der Waals surface area contributed by atoms with Crippen molar-refractivity contribution < 1.29 is 4.74 Å². The number of nitrogens with zero attached hydrogens (tertiary/aromatic N) is 3. The summed E-state index contributed by atoms with van der Waals surface area (Å²) in [6.07, 6.45) is 1.83. The second-order valence-corrected chi connectivity index (χ2v) is 3.90. The van der Waals surface area contributed by atoms with Crippen LogP contribution in [-0.2, 0) is 6.54 Å². The van der Waals surface area contributed by atoms with E-state index in [4.69, 9.17) is 4.74 Å². The minimum Gasteiger partial charge on any atom is -0.497 e. The summed E-state index contributed by atoms with van der Waals surface area (Å²) < 4.78 is 7.65. The number of ether oxygens (including phenoxy) is 1. The van der Waals surface area contributed by atoms with Gasteiger partial charge >= 0.3 is 0 Å². The van der Waals surface area contributed by atoms with E-state index in [1.54, 1.807) is 11.8 Å². The van der Waals surface area contributed by atoms with Crippen LogP contribution in [0.1, 0.15) is 5.56 Å². The van der Waals surface area contributed by atoms with Gasteiger partial charge in [-0.2, -0.15) is 0 Å². The zero-order valence-corrected chi connectivity index (χ0v) is 9.81. The van der Waals surface area contributed by atoms with Crippen molar-refractivity contribution in [3.05, 3.63) is 40.6 Å². The van der Waals surface area contributed by atoms with Gasteiger partial charge in [0.2, 0.25) is 0 Å². The maximum Gasteiger partial charge on any atom is 0.148 e. The molecule has 4 nitrogen and oxygen atoms in total. The predicted octanol–water partition coefficient (Wildman–Crippen LogP) is 2.10. The molecule has 0 amide bonds. The van der Waals surface area contributed by atoms with Gasteiger partial charge in [0, 0.05) is 0 Å². The summed E-state index contributed by atoms with van der Waals surface area (Å²) in [7, 11) is 1.66. The third-order valence-corrected chi connectivity index (χ3v) is 2.35. The number of benzene rings is 1. The Kier molecular flexibility index (Phi) is 3.01. The fraction of sp³-hybridized carbons (Fsp3) is 0.200. The van der Waals surface area contributed by atoms with E-state index in [0.717, 1.165) is 15.9 Å². The number of hydrogen-bond donors (Lipinski definition) is 0. The highest BCUT2D eigenvalue weighted by molar-refractivity contribution is 9.10. The maximum absolute atomic E-state index is 5.14. The van der Waals surface area contributed by atoms with Crippen LogP contribution in [0.15, 0.2) is 35.1 Å².